The van der Waals surface area contributed by atoms with Crippen LogP contribution in [-0.2, 0) is 19.7 Å². The molecule has 0 saturated carbocycles. The molecular formula is C33H37N3O5. The maximum atomic E-state index is 13.9. The van der Waals surface area contributed by atoms with E-state index in [0.29, 0.717) is 51.1 Å². The lowest BCUT2D eigenvalue weighted by atomic mass is 9.63. The number of fused-ring (bicyclic) bond motifs is 1. The lowest BCUT2D eigenvalue weighted by Gasteiger charge is -2.42. The number of hydrogen-bond acceptors (Lipinski definition) is 6. The molecule has 1 aliphatic heterocycles. The topological polar surface area (TPSA) is 97.8 Å². The minimum absolute atomic E-state index is 0.0590. The zero-order valence-electron chi connectivity index (χ0n) is 23.7. The van der Waals surface area contributed by atoms with Gasteiger partial charge in [-0.25, -0.2) is 4.98 Å². The first-order valence-corrected chi connectivity index (χ1v) is 14.4. The normalized spacial score (nSPS) is 20.5. The van der Waals surface area contributed by atoms with Crippen LogP contribution in [0.1, 0.15) is 72.1 Å². The van der Waals surface area contributed by atoms with E-state index in [1.165, 1.54) is 7.11 Å². The molecule has 41 heavy (non-hydrogen) atoms. The molecule has 1 N–H and O–H groups in total. The van der Waals surface area contributed by atoms with Crippen LogP contribution in [0.25, 0.3) is 0 Å². The van der Waals surface area contributed by atoms with Crippen molar-refractivity contribution < 1.29 is 23.9 Å². The summed E-state index contributed by atoms with van der Waals surface area (Å²) in [5.74, 6) is -0.370. The van der Waals surface area contributed by atoms with Crippen LogP contribution >= 0.6 is 0 Å². The third kappa shape index (κ3) is 5.56. The van der Waals surface area contributed by atoms with E-state index >= 15 is 0 Å². The van der Waals surface area contributed by atoms with Gasteiger partial charge < -0.3 is 19.7 Å². The van der Waals surface area contributed by atoms with E-state index in [-0.39, 0.29) is 35.4 Å². The molecular weight excluding hydrogens is 518 g/mol. The molecule has 2 aliphatic rings. The summed E-state index contributed by atoms with van der Waals surface area (Å²) in [5.41, 5.74) is 1.92. The summed E-state index contributed by atoms with van der Waals surface area (Å²) in [6.07, 6.45) is 4.75. The average Bonchev–Trinajstić information content (AvgIpc) is 3.03. The van der Waals surface area contributed by atoms with Gasteiger partial charge in [-0.15, -0.1) is 0 Å². The third-order valence-corrected chi connectivity index (χ3v) is 8.29. The van der Waals surface area contributed by atoms with Gasteiger partial charge in [0, 0.05) is 25.3 Å². The smallest absolute Gasteiger partial charge is 0.320 e. The molecule has 2 heterocycles. The van der Waals surface area contributed by atoms with Crippen LogP contribution in [0.4, 0.5) is 0 Å². The predicted octanol–water partition coefficient (Wildman–Crippen LogP) is 4.63. The largest absolute Gasteiger partial charge is 0.491 e. The molecule has 1 aromatic heterocycles. The summed E-state index contributed by atoms with van der Waals surface area (Å²) in [5, 5.41) is 3.08. The number of carbonyl (C=O) groups is 3. The van der Waals surface area contributed by atoms with E-state index in [1.54, 1.807) is 18.3 Å². The van der Waals surface area contributed by atoms with Gasteiger partial charge in [-0.2, -0.15) is 0 Å². The Labute approximate surface area is 241 Å². The number of likely N-dealkylation sites (tertiary alicyclic amines) is 1. The molecule has 2 amide bonds. The monoisotopic (exact) mass is 555 g/mol. The zero-order chi connectivity index (χ0) is 28.8. The number of aromatic nitrogens is 1. The van der Waals surface area contributed by atoms with Gasteiger partial charge in [0.15, 0.2) is 11.4 Å². The van der Waals surface area contributed by atoms with Gasteiger partial charge >= 0.3 is 5.97 Å². The number of hydrogen-bond donors (Lipinski definition) is 1. The fourth-order valence-corrected chi connectivity index (χ4v) is 6.23. The van der Waals surface area contributed by atoms with Crippen molar-refractivity contribution in [2.24, 2.45) is 0 Å². The van der Waals surface area contributed by atoms with Gasteiger partial charge in [-0.1, -0.05) is 61.5 Å². The molecule has 0 spiro atoms. The molecule has 1 aliphatic carbocycles. The minimum atomic E-state index is -0.953. The average molecular weight is 556 g/mol. The Morgan fingerprint density at radius 3 is 2.44 bits per heavy atom. The number of esters is 1. The predicted molar refractivity (Wildman–Crippen MR) is 155 cm³/mol. The van der Waals surface area contributed by atoms with Crippen LogP contribution in [0.3, 0.4) is 0 Å². The van der Waals surface area contributed by atoms with Crippen LogP contribution in [-0.4, -0.2) is 60.5 Å². The van der Waals surface area contributed by atoms with Gasteiger partial charge in [0.05, 0.1) is 19.6 Å². The van der Waals surface area contributed by atoms with Gasteiger partial charge in [-0.3, -0.25) is 14.4 Å². The number of nitrogens with zero attached hydrogens (tertiary/aromatic N) is 2. The SMILES string of the molecule is CCCOc1cccnc1C(=O)NC1CCN(C(=O)[C@@H]2CC[C@](C(=O)OC)(c3ccccc3)c3ccccc32)CC1. The Hall–Kier alpha value is -4.20. The Bertz CT molecular complexity index is 1390. The maximum Gasteiger partial charge on any atom is 0.320 e. The van der Waals surface area contributed by atoms with Crippen molar-refractivity contribution >= 4 is 17.8 Å². The van der Waals surface area contributed by atoms with E-state index in [0.717, 1.165) is 23.1 Å². The molecule has 0 bridgehead atoms. The Balaban J connectivity index is 1.29. The third-order valence-electron chi connectivity index (χ3n) is 8.29. The molecule has 8 nitrogen and oxygen atoms in total. The lowest BCUT2D eigenvalue weighted by Crippen LogP contribution is -2.49. The van der Waals surface area contributed by atoms with Crippen LogP contribution in [0.2, 0.25) is 0 Å². The fraction of sp³-hybridized carbons (Fsp3) is 0.394. The van der Waals surface area contributed by atoms with Crippen LogP contribution in [0, 0.1) is 0 Å². The van der Waals surface area contributed by atoms with Crippen molar-refractivity contribution in [3.05, 3.63) is 95.3 Å². The van der Waals surface area contributed by atoms with Crippen molar-refractivity contribution in [2.75, 3.05) is 26.8 Å². The van der Waals surface area contributed by atoms with E-state index in [1.807, 2.05) is 66.4 Å². The van der Waals surface area contributed by atoms with Crippen molar-refractivity contribution in [3.63, 3.8) is 0 Å². The molecule has 1 fully saturated rings. The quantitative estimate of drug-likeness (QED) is 0.407. The van der Waals surface area contributed by atoms with E-state index < -0.39 is 5.41 Å². The highest BCUT2D eigenvalue weighted by Gasteiger charge is 2.49. The van der Waals surface area contributed by atoms with E-state index in [9.17, 15) is 14.4 Å². The number of rotatable bonds is 8. The number of ether oxygens (including phenoxy) is 2. The van der Waals surface area contributed by atoms with Gasteiger partial charge in [0.2, 0.25) is 5.91 Å². The van der Waals surface area contributed by atoms with Gasteiger partial charge in [0.1, 0.15) is 5.41 Å². The summed E-state index contributed by atoms with van der Waals surface area (Å²) >= 11 is 0. The highest BCUT2D eigenvalue weighted by atomic mass is 16.5. The molecule has 3 aromatic rings. The molecule has 214 valence electrons. The fourth-order valence-electron chi connectivity index (χ4n) is 6.23. The summed E-state index contributed by atoms with van der Waals surface area (Å²) in [6, 6.07) is 20.9. The first-order chi connectivity index (χ1) is 20.0. The summed E-state index contributed by atoms with van der Waals surface area (Å²) < 4.78 is 11.0. The lowest BCUT2D eigenvalue weighted by molar-refractivity contribution is -0.147. The molecule has 8 heteroatoms. The standard InChI is InChI=1S/C33H37N3O5/c1-3-22-41-28-14-9-19-34-29(28)30(37)35-24-16-20-36(21-17-24)31(38)26-15-18-33(32(39)40-2,23-10-5-4-6-11-23)27-13-8-7-12-25(26)27/h4-14,19,24,26H,3,15-18,20-22H2,1-2H3,(H,35,37)/t26-,33+/m1/s1. The number of benzene rings is 2. The Kier molecular flexibility index (Phi) is 8.67. The molecule has 2 atom stereocenters. The number of pyridine rings is 1. The Morgan fingerprint density at radius 2 is 1.71 bits per heavy atom. The Morgan fingerprint density at radius 1 is 0.976 bits per heavy atom. The number of carbonyl (C=O) groups excluding carboxylic acids is 3. The first kappa shape index (κ1) is 28.3. The first-order valence-electron chi connectivity index (χ1n) is 14.4. The highest BCUT2D eigenvalue weighted by molar-refractivity contribution is 5.95. The number of piperidine rings is 1. The van der Waals surface area contributed by atoms with Gasteiger partial charge in [-0.05, 0) is 60.9 Å². The molecule has 0 radical (unpaired) electrons. The van der Waals surface area contributed by atoms with Crippen molar-refractivity contribution in [1.82, 2.24) is 15.2 Å². The molecule has 1 saturated heterocycles. The summed E-state index contributed by atoms with van der Waals surface area (Å²) in [7, 11) is 1.42. The minimum Gasteiger partial charge on any atom is -0.491 e. The highest BCUT2D eigenvalue weighted by Crippen LogP contribution is 2.48. The number of nitrogens with one attached hydrogen (secondary N) is 1. The van der Waals surface area contributed by atoms with Crippen molar-refractivity contribution in [2.45, 2.75) is 56.4 Å². The van der Waals surface area contributed by atoms with E-state index in [2.05, 4.69) is 10.3 Å². The van der Waals surface area contributed by atoms with E-state index in [4.69, 9.17) is 9.47 Å². The number of amides is 2. The summed E-state index contributed by atoms with van der Waals surface area (Å²) in [4.78, 5) is 46.4. The molecule has 0 unspecified atom stereocenters. The van der Waals surface area contributed by atoms with Crippen LogP contribution in [0.5, 0.6) is 5.75 Å². The van der Waals surface area contributed by atoms with Crippen molar-refractivity contribution in [3.8, 4) is 5.75 Å². The number of methoxy groups -OCH3 is 1. The second-order valence-corrected chi connectivity index (χ2v) is 10.7. The van der Waals surface area contributed by atoms with Crippen LogP contribution < -0.4 is 10.1 Å². The second kappa shape index (κ2) is 12.5. The van der Waals surface area contributed by atoms with Gasteiger partial charge in [0.25, 0.3) is 5.91 Å². The summed E-state index contributed by atoms with van der Waals surface area (Å²) in [6.45, 7) is 3.62. The second-order valence-electron chi connectivity index (χ2n) is 10.7. The zero-order valence-corrected chi connectivity index (χ0v) is 23.7. The van der Waals surface area contributed by atoms with Crippen molar-refractivity contribution in [1.29, 1.82) is 0 Å². The van der Waals surface area contributed by atoms with Crippen LogP contribution in [0.15, 0.2) is 72.9 Å². The maximum absolute atomic E-state index is 13.9. The molecule has 2 aromatic carbocycles. The molecule has 5 rings (SSSR count).